The molecule has 0 spiro atoms. The number of oxime groups is 1. The van der Waals surface area contributed by atoms with E-state index in [-0.39, 0.29) is 18.5 Å². The van der Waals surface area contributed by atoms with Gasteiger partial charge in [0.1, 0.15) is 6.61 Å². The van der Waals surface area contributed by atoms with E-state index < -0.39 is 5.97 Å². The van der Waals surface area contributed by atoms with Crippen molar-refractivity contribution < 1.29 is 19.5 Å². The zero-order valence-electron chi connectivity index (χ0n) is 17.3. The van der Waals surface area contributed by atoms with E-state index in [0.29, 0.717) is 24.4 Å². The molecule has 158 valence electrons. The summed E-state index contributed by atoms with van der Waals surface area (Å²) in [5.74, 6) is -1.03. The van der Waals surface area contributed by atoms with E-state index in [1.165, 1.54) is 5.56 Å². The summed E-state index contributed by atoms with van der Waals surface area (Å²) in [6, 6.07) is 13.0. The number of nitrogens with zero attached hydrogens (tertiary/aromatic N) is 2. The van der Waals surface area contributed by atoms with Crippen LogP contribution >= 0.6 is 0 Å². The van der Waals surface area contributed by atoms with E-state index in [0.717, 1.165) is 24.0 Å². The van der Waals surface area contributed by atoms with Crippen molar-refractivity contribution in [2.75, 3.05) is 25.0 Å². The summed E-state index contributed by atoms with van der Waals surface area (Å²) in [6.45, 7) is 5.13. The Kier molecular flexibility index (Phi) is 7.19. The number of carbonyl (C=O) groups is 2. The summed E-state index contributed by atoms with van der Waals surface area (Å²) in [5.41, 5.74) is 4.34. The van der Waals surface area contributed by atoms with Gasteiger partial charge in [0.25, 0.3) is 5.91 Å². The SMILES string of the molecule is CCON=Cc1ccc(NC(=O)c2ccc3c(c2)C(CC)N(CC(=O)O)CC3)cc1. The largest absolute Gasteiger partial charge is 0.480 e. The number of aliphatic carboxylic acids is 1. The molecule has 0 saturated carbocycles. The number of rotatable bonds is 8. The van der Waals surface area contributed by atoms with E-state index in [4.69, 9.17) is 4.84 Å². The molecule has 1 aliphatic heterocycles. The van der Waals surface area contributed by atoms with Crippen molar-refractivity contribution in [3.05, 3.63) is 64.7 Å². The van der Waals surface area contributed by atoms with Crippen molar-refractivity contribution in [1.29, 1.82) is 0 Å². The van der Waals surface area contributed by atoms with Crippen LogP contribution < -0.4 is 5.32 Å². The molecule has 0 fully saturated rings. The highest BCUT2D eigenvalue weighted by Crippen LogP contribution is 2.32. The lowest BCUT2D eigenvalue weighted by atomic mass is 9.89. The Morgan fingerprint density at radius 1 is 1.23 bits per heavy atom. The number of hydrogen-bond donors (Lipinski definition) is 2. The molecule has 0 radical (unpaired) electrons. The Morgan fingerprint density at radius 2 is 2.00 bits per heavy atom. The van der Waals surface area contributed by atoms with E-state index in [1.807, 2.05) is 61.2 Å². The van der Waals surface area contributed by atoms with Crippen LogP contribution in [-0.2, 0) is 16.1 Å². The Morgan fingerprint density at radius 3 is 2.67 bits per heavy atom. The van der Waals surface area contributed by atoms with Gasteiger partial charge in [-0.2, -0.15) is 0 Å². The lowest BCUT2D eigenvalue weighted by Gasteiger charge is -2.36. The van der Waals surface area contributed by atoms with Crippen molar-refractivity contribution in [2.24, 2.45) is 5.16 Å². The van der Waals surface area contributed by atoms with Crippen LogP contribution in [0.1, 0.15) is 53.4 Å². The van der Waals surface area contributed by atoms with Gasteiger partial charge in [0, 0.05) is 23.8 Å². The maximum absolute atomic E-state index is 12.8. The first-order chi connectivity index (χ1) is 14.5. The molecule has 7 heteroatoms. The molecule has 0 aromatic heterocycles. The molecule has 1 heterocycles. The van der Waals surface area contributed by atoms with Crippen LogP contribution in [0.5, 0.6) is 0 Å². The van der Waals surface area contributed by atoms with Gasteiger partial charge >= 0.3 is 5.97 Å². The average molecular weight is 409 g/mol. The van der Waals surface area contributed by atoms with Gasteiger partial charge in [-0.05, 0) is 60.7 Å². The van der Waals surface area contributed by atoms with Gasteiger partial charge in [0.15, 0.2) is 0 Å². The van der Waals surface area contributed by atoms with Gasteiger partial charge in [-0.3, -0.25) is 14.5 Å². The highest BCUT2D eigenvalue weighted by Gasteiger charge is 2.28. The second kappa shape index (κ2) is 10.0. The van der Waals surface area contributed by atoms with Crippen LogP contribution in [0.2, 0.25) is 0 Å². The Balaban J connectivity index is 1.74. The summed E-state index contributed by atoms with van der Waals surface area (Å²) in [5, 5.41) is 15.9. The van der Waals surface area contributed by atoms with Crippen LogP contribution in [0.15, 0.2) is 47.6 Å². The van der Waals surface area contributed by atoms with E-state index in [1.54, 1.807) is 6.21 Å². The third kappa shape index (κ3) is 5.24. The van der Waals surface area contributed by atoms with Crippen molar-refractivity contribution in [1.82, 2.24) is 4.90 Å². The van der Waals surface area contributed by atoms with Gasteiger partial charge in [0.2, 0.25) is 0 Å². The highest BCUT2D eigenvalue weighted by atomic mass is 16.6. The van der Waals surface area contributed by atoms with Crippen LogP contribution in [0, 0.1) is 0 Å². The normalized spacial score (nSPS) is 16.3. The summed E-state index contributed by atoms with van der Waals surface area (Å²) < 4.78 is 0. The number of carboxylic acids is 1. The second-order valence-corrected chi connectivity index (χ2v) is 7.18. The van der Waals surface area contributed by atoms with E-state index in [2.05, 4.69) is 10.5 Å². The molecule has 0 saturated heterocycles. The molecule has 0 aliphatic carbocycles. The first-order valence-electron chi connectivity index (χ1n) is 10.2. The molecule has 2 aromatic carbocycles. The van der Waals surface area contributed by atoms with Gasteiger partial charge in [-0.25, -0.2) is 0 Å². The van der Waals surface area contributed by atoms with E-state index >= 15 is 0 Å². The Labute approximate surface area is 176 Å². The summed E-state index contributed by atoms with van der Waals surface area (Å²) in [4.78, 5) is 30.9. The lowest BCUT2D eigenvalue weighted by Crippen LogP contribution is -2.38. The number of nitrogens with one attached hydrogen (secondary N) is 1. The number of carbonyl (C=O) groups excluding carboxylic acids is 1. The number of anilines is 1. The average Bonchev–Trinajstić information content (AvgIpc) is 2.74. The standard InChI is InChI=1S/C23H27N3O4/c1-3-21-20-13-18(8-7-17(20)11-12-26(21)15-22(27)28)23(29)25-19-9-5-16(6-10-19)14-24-30-4-2/h5-10,13-14,21H,3-4,11-12,15H2,1-2H3,(H,25,29)(H,27,28). The minimum absolute atomic E-state index is 0.00140. The first kappa shape index (κ1) is 21.5. The Hall–Kier alpha value is -3.19. The van der Waals surface area contributed by atoms with Crippen molar-refractivity contribution in [3.8, 4) is 0 Å². The minimum atomic E-state index is -0.833. The number of hydrogen-bond acceptors (Lipinski definition) is 5. The monoisotopic (exact) mass is 409 g/mol. The fourth-order valence-electron chi connectivity index (χ4n) is 3.76. The van der Waals surface area contributed by atoms with Gasteiger partial charge in [0.05, 0.1) is 12.8 Å². The number of fused-ring (bicyclic) bond motifs is 1. The maximum atomic E-state index is 12.8. The van der Waals surface area contributed by atoms with E-state index in [9.17, 15) is 14.7 Å². The van der Waals surface area contributed by atoms with Crippen LogP contribution in [0.25, 0.3) is 0 Å². The van der Waals surface area contributed by atoms with Crippen molar-refractivity contribution in [2.45, 2.75) is 32.7 Å². The second-order valence-electron chi connectivity index (χ2n) is 7.18. The van der Waals surface area contributed by atoms with Crippen LogP contribution in [0.4, 0.5) is 5.69 Å². The van der Waals surface area contributed by atoms with Crippen LogP contribution in [-0.4, -0.2) is 47.8 Å². The molecule has 1 aliphatic rings. The molecule has 0 bridgehead atoms. The third-order valence-corrected chi connectivity index (χ3v) is 5.18. The highest BCUT2D eigenvalue weighted by molar-refractivity contribution is 6.04. The zero-order chi connectivity index (χ0) is 21.5. The Bertz CT molecular complexity index is 925. The van der Waals surface area contributed by atoms with Gasteiger partial charge < -0.3 is 15.3 Å². The van der Waals surface area contributed by atoms with Crippen molar-refractivity contribution in [3.63, 3.8) is 0 Å². The first-order valence-corrected chi connectivity index (χ1v) is 10.2. The lowest BCUT2D eigenvalue weighted by molar-refractivity contribution is -0.139. The fraction of sp³-hybridized carbons (Fsp3) is 0.348. The minimum Gasteiger partial charge on any atom is -0.480 e. The topological polar surface area (TPSA) is 91.2 Å². The molecule has 1 amide bonds. The molecular weight excluding hydrogens is 382 g/mol. The summed E-state index contributed by atoms with van der Waals surface area (Å²) in [7, 11) is 0. The predicted octanol–water partition coefficient (Wildman–Crippen LogP) is 3.70. The number of carboxylic acid groups (broad SMARTS) is 1. The summed E-state index contributed by atoms with van der Waals surface area (Å²) in [6.07, 6.45) is 3.19. The quantitative estimate of drug-likeness (QED) is 0.512. The third-order valence-electron chi connectivity index (χ3n) is 5.18. The molecule has 2 aromatic rings. The van der Waals surface area contributed by atoms with Gasteiger partial charge in [-0.1, -0.05) is 30.3 Å². The fourth-order valence-corrected chi connectivity index (χ4v) is 3.76. The van der Waals surface area contributed by atoms with Crippen LogP contribution in [0.3, 0.4) is 0 Å². The maximum Gasteiger partial charge on any atom is 0.317 e. The van der Waals surface area contributed by atoms with Gasteiger partial charge in [-0.15, -0.1) is 0 Å². The van der Waals surface area contributed by atoms with Crippen molar-refractivity contribution >= 4 is 23.8 Å². The molecule has 1 unspecified atom stereocenters. The molecule has 2 N–H and O–H groups in total. The number of benzene rings is 2. The number of amides is 1. The molecule has 3 rings (SSSR count). The smallest absolute Gasteiger partial charge is 0.317 e. The molecule has 7 nitrogen and oxygen atoms in total. The zero-order valence-corrected chi connectivity index (χ0v) is 17.3. The molecule has 1 atom stereocenters. The molecular formula is C23H27N3O4. The predicted molar refractivity (Wildman–Crippen MR) is 116 cm³/mol. The summed E-state index contributed by atoms with van der Waals surface area (Å²) >= 11 is 0. The molecule has 30 heavy (non-hydrogen) atoms.